The van der Waals surface area contributed by atoms with Crippen molar-refractivity contribution in [3.8, 4) is 28.8 Å². The molecular weight excluding hydrogens is 446 g/mol. The minimum Gasteiger partial charge on any atom is -0.496 e. The third-order valence-electron chi connectivity index (χ3n) is 5.31. The highest BCUT2D eigenvalue weighted by Crippen LogP contribution is 2.33. The Morgan fingerprint density at radius 2 is 2.06 bits per heavy atom. The van der Waals surface area contributed by atoms with Crippen molar-refractivity contribution in [2.45, 2.75) is 26.1 Å². The van der Waals surface area contributed by atoms with Crippen molar-refractivity contribution in [3.05, 3.63) is 66.4 Å². The molecule has 0 aliphatic rings. The Bertz CT molecular complexity index is 1420. The zero-order valence-electron chi connectivity index (χ0n) is 19.5. The zero-order valence-corrected chi connectivity index (χ0v) is 19.5. The summed E-state index contributed by atoms with van der Waals surface area (Å²) < 4.78 is 7.33. The maximum Gasteiger partial charge on any atom is 0.260 e. The molecule has 0 saturated carbocycles. The third-order valence-corrected chi connectivity index (χ3v) is 5.31. The Balaban J connectivity index is 1.74. The SMILES string of the molecule is CC#CC(O)N[C@@H](C)c1nc(-c2ccc(C(=O)Nc3ccccn3)c(OC)c2)c2c(N)nccn12. The maximum atomic E-state index is 12.8. The summed E-state index contributed by atoms with van der Waals surface area (Å²) in [4.78, 5) is 26.0. The number of amides is 1. The molecule has 178 valence electrons. The second-order valence-corrected chi connectivity index (χ2v) is 7.62. The van der Waals surface area contributed by atoms with Crippen molar-refractivity contribution in [1.29, 1.82) is 0 Å². The first kappa shape index (κ1) is 23.7. The first-order valence-corrected chi connectivity index (χ1v) is 10.8. The number of nitrogens with one attached hydrogen (secondary N) is 2. The van der Waals surface area contributed by atoms with Crippen LogP contribution in [-0.2, 0) is 0 Å². The minimum atomic E-state index is -1.01. The molecule has 1 unspecified atom stereocenters. The molecule has 0 bridgehead atoms. The van der Waals surface area contributed by atoms with Gasteiger partial charge in [-0.15, -0.1) is 5.92 Å². The molecule has 0 fully saturated rings. The predicted molar refractivity (Wildman–Crippen MR) is 133 cm³/mol. The number of carbonyl (C=O) groups is 1. The average molecular weight is 472 g/mol. The maximum absolute atomic E-state index is 12.8. The van der Waals surface area contributed by atoms with Gasteiger partial charge in [-0.3, -0.25) is 14.5 Å². The largest absolute Gasteiger partial charge is 0.496 e. The summed E-state index contributed by atoms with van der Waals surface area (Å²) in [5.41, 5.74) is 8.40. The van der Waals surface area contributed by atoms with Gasteiger partial charge in [0, 0.05) is 24.2 Å². The number of hydrogen-bond acceptors (Lipinski definition) is 8. The topological polar surface area (TPSA) is 140 Å². The van der Waals surface area contributed by atoms with Crippen LogP contribution in [0.2, 0.25) is 0 Å². The van der Waals surface area contributed by atoms with E-state index in [1.807, 2.05) is 11.3 Å². The van der Waals surface area contributed by atoms with E-state index in [-0.39, 0.29) is 11.9 Å². The van der Waals surface area contributed by atoms with Crippen molar-refractivity contribution in [3.63, 3.8) is 0 Å². The molecule has 0 aliphatic carbocycles. The van der Waals surface area contributed by atoms with E-state index in [2.05, 4.69) is 32.4 Å². The quantitative estimate of drug-likeness (QED) is 0.238. The molecule has 2 atom stereocenters. The van der Waals surface area contributed by atoms with Crippen LogP contribution < -0.4 is 21.1 Å². The first-order valence-electron chi connectivity index (χ1n) is 10.8. The minimum absolute atomic E-state index is 0.290. The lowest BCUT2D eigenvalue weighted by molar-refractivity contribution is 0.102. The number of nitrogens with two attached hydrogens (primary N) is 1. The normalized spacial score (nSPS) is 12.5. The number of rotatable bonds is 7. The number of aromatic nitrogens is 4. The van der Waals surface area contributed by atoms with Crippen LogP contribution in [0.3, 0.4) is 0 Å². The average Bonchev–Trinajstić information content (AvgIpc) is 3.25. The molecule has 3 heterocycles. The van der Waals surface area contributed by atoms with Crippen LogP contribution in [0, 0.1) is 11.8 Å². The molecule has 1 aromatic carbocycles. The fourth-order valence-corrected chi connectivity index (χ4v) is 3.73. The van der Waals surface area contributed by atoms with Gasteiger partial charge >= 0.3 is 0 Å². The second kappa shape index (κ2) is 10.2. The molecule has 0 radical (unpaired) electrons. The number of benzene rings is 1. The number of methoxy groups -OCH3 is 1. The Morgan fingerprint density at radius 1 is 1.23 bits per heavy atom. The van der Waals surface area contributed by atoms with Gasteiger partial charge in [-0.1, -0.05) is 18.1 Å². The fourth-order valence-electron chi connectivity index (χ4n) is 3.73. The van der Waals surface area contributed by atoms with Crippen LogP contribution in [-0.4, -0.2) is 43.7 Å². The van der Waals surface area contributed by atoms with E-state index in [1.165, 1.54) is 7.11 Å². The molecular formula is C25H25N7O3. The molecule has 4 rings (SSSR count). The molecule has 0 spiro atoms. The number of aliphatic hydroxyl groups is 1. The molecule has 0 aliphatic heterocycles. The van der Waals surface area contributed by atoms with Crippen LogP contribution in [0.15, 0.2) is 55.0 Å². The second-order valence-electron chi connectivity index (χ2n) is 7.62. The van der Waals surface area contributed by atoms with E-state index in [0.717, 1.165) is 0 Å². The van der Waals surface area contributed by atoms with E-state index in [1.54, 1.807) is 61.9 Å². The Hall–Kier alpha value is -4.46. The van der Waals surface area contributed by atoms with E-state index in [9.17, 15) is 9.90 Å². The molecule has 3 aromatic heterocycles. The van der Waals surface area contributed by atoms with Crippen molar-refractivity contribution in [1.82, 2.24) is 24.7 Å². The van der Waals surface area contributed by atoms with Crippen molar-refractivity contribution < 1.29 is 14.6 Å². The summed E-state index contributed by atoms with van der Waals surface area (Å²) in [5.74, 6) is 6.67. The van der Waals surface area contributed by atoms with Crippen LogP contribution in [0.1, 0.15) is 36.1 Å². The Kier molecular flexibility index (Phi) is 6.91. The van der Waals surface area contributed by atoms with Gasteiger partial charge in [-0.2, -0.15) is 0 Å². The van der Waals surface area contributed by atoms with Gasteiger partial charge < -0.3 is 20.9 Å². The van der Waals surface area contributed by atoms with Gasteiger partial charge in [0.25, 0.3) is 5.91 Å². The number of nitrogen functional groups attached to an aromatic ring is 1. The lowest BCUT2D eigenvalue weighted by Crippen LogP contribution is -2.31. The number of fused-ring (bicyclic) bond motifs is 1. The number of hydrogen-bond donors (Lipinski definition) is 4. The summed E-state index contributed by atoms with van der Waals surface area (Å²) in [6.45, 7) is 3.51. The van der Waals surface area contributed by atoms with E-state index < -0.39 is 6.23 Å². The molecule has 35 heavy (non-hydrogen) atoms. The van der Waals surface area contributed by atoms with Gasteiger partial charge in [0.1, 0.15) is 34.4 Å². The van der Waals surface area contributed by atoms with E-state index >= 15 is 0 Å². The van der Waals surface area contributed by atoms with Crippen LogP contribution in [0.25, 0.3) is 16.8 Å². The van der Waals surface area contributed by atoms with E-state index in [0.29, 0.717) is 45.5 Å². The summed E-state index contributed by atoms with van der Waals surface area (Å²) in [7, 11) is 1.49. The van der Waals surface area contributed by atoms with Crippen LogP contribution in [0.4, 0.5) is 11.6 Å². The first-order chi connectivity index (χ1) is 16.9. The Morgan fingerprint density at radius 3 is 2.77 bits per heavy atom. The summed E-state index contributed by atoms with van der Waals surface area (Å²) >= 11 is 0. The molecule has 5 N–H and O–H groups in total. The number of nitrogens with zero attached hydrogens (tertiary/aromatic N) is 4. The standard InChI is InChI=1S/C25H25N7O3/c1-4-7-20(33)29-15(2)24-31-21(22-23(26)28-12-13-32(22)24)16-9-10-17(18(14-16)35-3)25(34)30-19-8-5-6-11-27-19/h5-6,8-15,20,29,33H,1-3H3,(H2,26,28)(H,27,30,34)/t15-,20?/m0/s1. The van der Waals surface area contributed by atoms with E-state index in [4.69, 9.17) is 15.5 Å². The van der Waals surface area contributed by atoms with Crippen LogP contribution >= 0.6 is 0 Å². The fraction of sp³-hybridized carbons (Fsp3) is 0.200. The number of aliphatic hydroxyl groups excluding tert-OH is 1. The van der Waals surface area contributed by atoms with Crippen LogP contribution in [0.5, 0.6) is 5.75 Å². The van der Waals surface area contributed by atoms with Crippen molar-refractivity contribution in [2.75, 3.05) is 18.2 Å². The summed E-state index contributed by atoms with van der Waals surface area (Å²) in [6, 6.07) is 10.0. The number of anilines is 2. The number of imidazole rings is 1. The predicted octanol–water partition coefficient (Wildman–Crippen LogP) is 2.63. The highest BCUT2D eigenvalue weighted by Gasteiger charge is 2.22. The summed E-state index contributed by atoms with van der Waals surface area (Å²) in [5, 5.41) is 15.8. The molecule has 1 amide bonds. The monoisotopic (exact) mass is 471 g/mol. The number of ether oxygens (including phenoxy) is 1. The van der Waals surface area contributed by atoms with Gasteiger partial charge in [-0.05, 0) is 38.1 Å². The highest BCUT2D eigenvalue weighted by molar-refractivity contribution is 6.06. The van der Waals surface area contributed by atoms with Gasteiger partial charge in [0.05, 0.1) is 18.7 Å². The highest BCUT2D eigenvalue weighted by atomic mass is 16.5. The van der Waals surface area contributed by atoms with Crippen molar-refractivity contribution in [2.24, 2.45) is 0 Å². The Labute approximate surface area is 202 Å². The van der Waals surface area contributed by atoms with Crippen molar-refractivity contribution >= 4 is 23.1 Å². The molecule has 10 nitrogen and oxygen atoms in total. The lowest BCUT2D eigenvalue weighted by atomic mass is 10.1. The number of pyridine rings is 1. The van der Waals surface area contributed by atoms with Gasteiger partial charge in [-0.25, -0.2) is 15.0 Å². The summed E-state index contributed by atoms with van der Waals surface area (Å²) in [6.07, 6.45) is 3.92. The zero-order chi connectivity index (χ0) is 24.9. The number of carbonyl (C=O) groups excluding carboxylic acids is 1. The molecule has 4 aromatic rings. The van der Waals surface area contributed by atoms with Gasteiger partial charge in [0.15, 0.2) is 6.23 Å². The smallest absolute Gasteiger partial charge is 0.260 e. The van der Waals surface area contributed by atoms with Gasteiger partial charge in [0.2, 0.25) is 0 Å². The molecule has 10 heteroatoms. The lowest BCUT2D eigenvalue weighted by Gasteiger charge is -2.14. The molecule has 0 saturated heterocycles. The third kappa shape index (κ3) is 4.91.